The third kappa shape index (κ3) is 4.50. The highest BCUT2D eigenvalue weighted by atomic mass is 35.5. The third-order valence-corrected chi connectivity index (χ3v) is 3.91. The number of nitrogens with one attached hydrogen (secondary N) is 1. The molecule has 1 atom stereocenters. The van der Waals surface area contributed by atoms with Crippen LogP contribution in [0.2, 0.25) is 10.0 Å². The normalized spacial score (nSPS) is 19.5. The summed E-state index contributed by atoms with van der Waals surface area (Å²) in [6.45, 7) is 7.49. The molecule has 21 heavy (non-hydrogen) atoms. The van der Waals surface area contributed by atoms with Crippen LogP contribution in [0.1, 0.15) is 32.4 Å². The Morgan fingerprint density at radius 2 is 2.05 bits per heavy atom. The average molecular weight is 331 g/mol. The number of hydrogen-bond donors (Lipinski definition) is 1. The molecule has 1 heterocycles. The fourth-order valence-electron chi connectivity index (χ4n) is 2.19. The van der Waals surface area contributed by atoms with E-state index in [1.54, 1.807) is 11.0 Å². The molecule has 6 heteroatoms. The van der Waals surface area contributed by atoms with Gasteiger partial charge in [0.2, 0.25) is 0 Å². The Kier molecular flexibility index (Phi) is 5.02. The van der Waals surface area contributed by atoms with E-state index in [4.69, 9.17) is 27.9 Å². The second-order valence-electron chi connectivity index (χ2n) is 6.11. The van der Waals surface area contributed by atoms with E-state index >= 15 is 0 Å². The van der Waals surface area contributed by atoms with Crippen molar-refractivity contribution in [1.82, 2.24) is 10.2 Å². The van der Waals surface area contributed by atoms with Crippen molar-refractivity contribution in [3.8, 4) is 0 Å². The average Bonchev–Trinajstić information content (AvgIpc) is 2.40. The molecule has 1 aromatic carbocycles. The van der Waals surface area contributed by atoms with Gasteiger partial charge in [-0.2, -0.15) is 0 Å². The van der Waals surface area contributed by atoms with E-state index < -0.39 is 5.60 Å². The van der Waals surface area contributed by atoms with Gasteiger partial charge in [0.25, 0.3) is 0 Å². The van der Waals surface area contributed by atoms with E-state index in [0.29, 0.717) is 29.7 Å². The van der Waals surface area contributed by atoms with Gasteiger partial charge in [-0.3, -0.25) is 0 Å². The number of ether oxygens (including phenoxy) is 1. The SMILES string of the molecule is CC(C)(C)OC(=O)N1CCN[C@@H](c2ccc(Cl)c(Cl)c2)C1. The van der Waals surface area contributed by atoms with Gasteiger partial charge in [0.1, 0.15) is 5.60 Å². The largest absolute Gasteiger partial charge is 0.444 e. The number of nitrogens with zero attached hydrogens (tertiary/aromatic N) is 1. The van der Waals surface area contributed by atoms with E-state index in [2.05, 4.69) is 5.32 Å². The van der Waals surface area contributed by atoms with E-state index in [1.807, 2.05) is 32.9 Å². The zero-order chi connectivity index (χ0) is 15.6. The van der Waals surface area contributed by atoms with Crippen molar-refractivity contribution in [1.29, 1.82) is 0 Å². The lowest BCUT2D eigenvalue weighted by atomic mass is 10.0. The van der Waals surface area contributed by atoms with E-state index in [1.165, 1.54) is 0 Å². The van der Waals surface area contributed by atoms with Crippen LogP contribution in [0, 0.1) is 0 Å². The van der Waals surface area contributed by atoms with Crippen LogP contribution in [0.15, 0.2) is 18.2 Å². The molecule has 1 aliphatic heterocycles. The molecule has 0 radical (unpaired) electrons. The first-order chi connectivity index (χ1) is 9.76. The second-order valence-corrected chi connectivity index (χ2v) is 6.92. The lowest BCUT2D eigenvalue weighted by Crippen LogP contribution is -2.49. The Morgan fingerprint density at radius 1 is 1.33 bits per heavy atom. The van der Waals surface area contributed by atoms with Crippen LogP contribution in [0.25, 0.3) is 0 Å². The molecule has 0 bridgehead atoms. The van der Waals surface area contributed by atoms with Crippen LogP contribution in [-0.2, 0) is 4.74 Å². The minimum Gasteiger partial charge on any atom is -0.444 e. The summed E-state index contributed by atoms with van der Waals surface area (Å²) in [5.41, 5.74) is 0.527. The summed E-state index contributed by atoms with van der Waals surface area (Å²) in [5, 5.41) is 4.43. The summed E-state index contributed by atoms with van der Waals surface area (Å²) in [6.07, 6.45) is -0.283. The number of piperazine rings is 1. The number of carbonyl (C=O) groups excluding carboxylic acids is 1. The molecule has 116 valence electrons. The molecular weight excluding hydrogens is 311 g/mol. The van der Waals surface area contributed by atoms with Crippen molar-refractivity contribution in [3.63, 3.8) is 0 Å². The zero-order valence-electron chi connectivity index (χ0n) is 12.5. The van der Waals surface area contributed by atoms with Crippen LogP contribution in [0.3, 0.4) is 0 Å². The van der Waals surface area contributed by atoms with Gasteiger partial charge >= 0.3 is 6.09 Å². The Balaban J connectivity index is 2.06. The van der Waals surface area contributed by atoms with Crippen molar-refractivity contribution >= 4 is 29.3 Å². The summed E-state index contributed by atoms with van der Waals surface area (Å²) in [6, 6.07) is 5.55. The third-order valence-electron chi connectivity index (χ3n) is 3.17. The first-order valence-corrected chi connectivity index (χ1v) is 7.68. The molecule has 0 saturated carbocycles. The van der Waals surface area contributed by atoms with Crippen LogP contribution in [0.4, 0.5) is 4.79 Å². The van der Waals surface area contributed by atoms with E-state index in [-0.39, 0.29) is 12.1 Å². The molecule has 0 aliphatic carbocycles. The molecule has 0 unspecified atom stereocenters. The summed E-state index contributed by atoms with van der Waals surface area (Å²) in [4.78, 5) is 13.9. The van der Waals surface area contributed by atoms with E-state index in [9.17, 15) is 4.79 Å². The van der Waals surface area contributed by atoms with Crippen LogP contribution < -0.4 is 5.32 Å². The van der Waals surface area contributed by atoms with Crippen molar-refractivity contribution in [2.24, 2.45) is 0 Å². The summed E-state index contributed by atoms with van der Waals surface area (Å²) in [5.74, 6) is 0. The molecule has 1 aromatic rings. The predicted octanol–water partition coefficient (Wildman–Crippen LogP) is 3.87. The Labute approximate surface area is 135 Å². The smallest absolute Gasteiger partial charge is 0.410 e. The highest BCUT2D eigenvalue weighted by Gasteiger charge is 2.28. The number of carbonyl (C=O) groups is 1. The first-order valence-electron chi connectivity index (χ1n) is 6.92. The summed E-state index contributed by atoms with van der Waals surface area (Å²) >= 11 is 12.0. The summed E-state index contributed by atoms with van der Waals surface area (Å²) < 4.78 is 5.42. The number of halogens is 2. The van der Waals surface area contributed by atoms with Crippen LogP contribution >= 0.6 is 23.2 Å². The van der Waals surface area contributed by atoms with Gasteiger partial charge in [0.05, 0.1) is 16.1 Å². The van der Waals surface area contributed by atoms with Gasteiger partial charge in [0.15, 0.2) is 0 Å². The first kappa shape index (κ1) is 16.4. The lowest BCUT2D eigenvalue weighted by Gasteiger charge is -2.35. The lowest BCUT2D eigenvalue weighted by molar-refractivity contribution is 0.0195. The van der Waals surface area contributed by atoms with Gasteiger partial charge in [0, 0.05) is 19.6 Å². The van der Waals surface area contributed by atoms with Crippen molar-refractivity contribution < 1.29 is 9.53 Å². The standard InChI is InChI=1S/C15H20Cl2N2O2/c1-15(2,3)21-14(20)19-7-6-18-13(9-19)10-4-5-11(16)12(17)8-10/h4-5,8,13,18H,6-7,9H2,1-3H3/t13-/m1/s1. The molecule has 1 saturated heterocycles. The highest BCUT2D eigenvalue weighted by molar-refractivity contribution is 6.42. The number of benzene rings is 1. The Morgan fingerprint density at radius 3 is 2.67 bits per heavy atom. The fraction of sp³-hybridized carbons (Fsp3) is 0.533. The molecule has 0 aromatic heterocycles. The summed E-state index contributed by atoms with van der Waals surface area (Å²) in [7, 11) is 0. The van der Waals surface area contributed by atoms with Crippen molar-refractivity contribution in [3.05, 3.63) is 33.8 Å². The zero-order valence-corrected chi connectivity index (χ0v) is 14.0. The van der Waals surface area contributed by atoms with Gasteiger partial charge in [-0.25, -0.2) is 4.79 Å². The molecule has 1 fully saturated rings. The maximum Gasteiger partial charge on any atom is 0.410 e. The van der Waals surface area contributed by atoms with Gasteiger partial charge < -0.3 is 15.0 Å². The van der Waals surface area contributed by atoms with E-state index in [0.717, 1.165) is 5.56 Å². The van der Waals surface area contributed by atoms with Gasteiger partial charge in [-0.05, 0) is 38.5 Å². The van der Waals surface area contributed by atoms with Crippen molar-refractivity contribution in [2.45, 2.75) is 32.4 Å². The van der Waals surface area contributed by atoms with Crippen LogP contribution in [-0.4, -0.2) is 36.2 Å². The molecule has 1 aliphatic rings. The fourth-order valence-corrected chi connectivity index (χ4v) is 2.50. The number of hydrogen-bond acceptors (Lipinski definition) is 3. The maximum absolute atomic E-state index is 12.1. The topological polar surface area (TPSA) is 41.6 Å². The minimum absolute atomic E-state index is 0.0287. The highest BCUT2D eigenvalue weighted by Crippen LogP contribution is 2.27. The molecule has 1 amide bonds. The predicted molar refractivity (Wildman–Crippen MR) is 85.0 cm³/mol. The molecule has 4 nitrogen and oxygen atoms in total. The van der Waals surface area contributed by atoms with Gasteiger partial charge in [-0.1, -0.05) is 29.3 Å². The van der Waals surface area contributed by atoms with Crippen LogP contribution in [0.5, 0.6) is 0 Å². The van der Waals surface area contributed by atoms with Gasteiger partial charge in [-0.15, -0.1) is 0 Å². The van der Waals surface area contributed by atoms with Crippen molar-refractivity contribution in [2.75, 3.05) is 19.6 Å². The molecule has 0 spiro atoms. The number of amides is 1. The number of rotatable bonds is 1. The molecule has 1 N–H and O–H groups in total. The molecule has 2 rings (SSSR count). The molecular formula is C15H20Cl2N2O2. The minimum atomic E-state index is -0.485. The quantitative estimate of drug-likeness (QED) is 0.849. The Bertz CT molecular complexity index is 529. The Hall–Kier alpha value is -0.970. The second kappa shape index (κ2) is 6.42. The monoisotopic (exact) mass is 330 g/mol. The maximum atomic E-state index is 12.1.